The van der Waals surface area contributed by atoms with Crippen molar-refractivity contribution in [1.82, 2.24) is 9.88 Å². The van der Waals surface area contributed by atoms with Crippen molar-refractivity contribution in [3.05, 3.63) is 53.5 Å². The molecule has 116 valence electrons. The largest absolute Gasteiger partial charge is 0.443 e. The zero-order chi connectivity index (χ0) is 15.5. The fourth-order valence-corrected chi connectivity index (χ4v) is 2.95. The van der Waals surface area contributed by atoms with Gasteiger partial charge in [-0.1, -0.05) is 18.2 Å². The summed E-state index contributed by atoms with van der Waals surface area (Å²) >= 11 is 0. The predicted octanol–water partition coefficient (Wildman–Crippen LogP) is 3.48. The van der Waals surface area contributed by atoms with Gasteiger partial charge in [-0.25, -0.2) is 9.37 Å². The number of likely N-dealkylation sites (tertiary alicyclic amines) is 1. The first-order valence-corrected chi connectivity index (χ1v) is 7.60. The Kier molecular flexibility index (Phi) is 4.22. The molecule has 4 nitrogen and oxygen atoms in total. The van der Waals surface area contributed by atoms with E-state index >= 15 is 0 Å². The third kappa shape index (κ3) is 3.03. The van der Waals surface area contributed by atoms with Crippen LogP contribution in [0, 0.1) is 5.82 Å². The van der Waals surface area contributed by atoms with Gasteiger partial charge in [-0.3, -0.25) is 4.79 Å². The maximum Gasteiger partial charge on any atom is 0.220 e. The molecule has 0 saturated carbocycles. The maximum atomic E-state index is 13.7. The Hall–Kier alpha value is -2.17. The smallest absolute Gasteiger partial charge is 0.220 e. The van der Waals surface area contributed by atoms with Crippen molar-refractivity contribution in [3.8, 4) is 0 Å². The zero-order valence-corrected chi connectivity index (χ0v) is 12.6. The average molecular weight is 302 g/mol. The van der Waals surface area contributed by atoms with E-state index in [1.807, 2.05) is 4.90 Å². The second-order valence-electron chi connectivity index (χ2n) is 5.66. The topological polar surface area (TPSA) is 46.3 Å². The number of carbonyl (C=O) groups excluding carboxylic acids is 1. The van der Waals surface area contributed by atoms with Gasteiger partial charge in [-0.05, 0) is 30.9 Å². The van der Waals surface area contributed by atoms with Crippen molar-refractivity contribution < 1.29 is 13.6 Å². The second kappa shape index (κ2) is 6.30. The molecule has 0 N–H and O–H groups in total. The van der Waals surface area contributed by atoms with Crippen LogP contribution in [0.2, 0.25) is 0 Å². The van der Waals surface area contributed by atoms with E-state index in [4.69, 9.17) is 4.42 Å². The molecule has 22 heavy (non-hydrogen) atoms. The van der Waals surface area contributed by atoms with Crippen LogP contribution < -0.4 is 0 Å². The minimum atomic E-state index is -0.247. The standard InChI is InChI=1S/C17H19FN2O2/c1-12(21)20-9-5-4-8-16(20)17-19-11-14(22-17)10-13-6-2-3-7-15(13)18/h2-3,6-7,11,16H,4-5,8-10H2,1H3. The van der Waals surface area contributed by atoms with Gasteiger partial charge in [0.05, 0.1) is 6.20 Å². The van der Waals surface area contributed by atoms with Crippen molar-refractivity contribution in [2.45, 2.75) is 38.6 Å². The van der Waals surface area contributed by atoms with Crippen LogP contribution in [0.4, 0.5) is 4.39 Å². The van der Waals surface area contributed by atoms with Gasteiger partial charge in [-0.15, -0.1) is 0 Å². The molecule has 1 aliphatic rings. The van der Waals surface area contributed by atoms with Crippen LogP contribution >= 0.6 is 0 Å². The van der Waals surface area contributed by atoms with Crippen molar-refractivity contribution >= 4 is 5.91 Å². The highest BCUT2D eigenvalue weighted by Crippen LogP contribution is 2.31. The molecular weight excluding hydrogens is 283 g/mol. The summed E-state index contributed by atoms with van der Waals surface area (Å²) in [6, 6.07) is 6.54. The highest BCUT2D eigenvalue weighted by Gasteiger charge is 2.29. The quantitative estimate of drug-likeness (QED) is 0.872. The van der Waals surface area contributed by atoms with E-state index in [1.54, 1.807) is 31.3 Å². The number of nitrogens with zero attached hydrogens (tertiary/aromatic N) is 2. The van der Waals surface area contributed by atoms with Crippen molar-refractivity contribution in [1.29, 1.82) is 0 Å². The van der Waals surface area contributed by atoms with Crippen LogP contribution in [-0.2, 0) is 11.2 Å². The number of hydrogen-bond donors (Lipinski definition) is 0. The normalized spacial score (nSPS) is 18.5. The maximum absolute atomic E-state index is 13.7. The minimum absolute atomic E-state index is 0.0403. The third-order valence-electron chi connectivity index (χ3n) is 4.09. The predicted molar refractivity (Wildman–Crippen MR) is 79.7 cm³/mol. The first-order valence-electron chi connectivity index (χ1n) is 7.60. The molecular formula is C17H19FN2O2. The van der Waals surface area contributed by atoms with Crippen molar-refractivity contribution in [2.24, 2.45) is 0 Å². The Morgan fingerprint density at radius 3 is 3.00 bits per heavy atom. The Bertz CT molecular complexity index is 668. The summed E-state index contributed by atoms with van der Waals surface area (Å²) in [6.07, 6.45) is 4.93. The van der Waals surface area contributed by atoms with Crippen LogP contribution in [-0.4, -0.2) is 22.3 Å². The molecule has 0 bridgehead atoms. The Morgan fingerprint density at radius 2 is 2.23 bits per heavy atom. The second-order valence-corrected chi connectivity index (χ2v) is 5.66. The summed E-state index contributed by atoms with van der Waals surface area (Å²) in [5.41, 5.74) is 0.581. The molecule has 2 heterocycles. The lowest BCUT2D eigenvalue weighted by molar-refractivity contribution is -0.133. The van der Waals surface area contributed by atoms with Crippen molar-refractivity contribution in [2.75, 3.05) is 6.54 Å². The van der Waals surface area contributed by atoms with Crippen LogP contribution in [0.1, 0.15) is 49.4 Å². The van der Waals surface area contributed by atoms with Gasteiger partial charge in [0, 0.05) is 19.9 Å². The van der Waals surface area contributed by atoms with Gasteiger partial charge >= 0.3 is 0 Å². The van der Waals surface area contributed by atoms with E-state index in [-0.39, 0.29) is 17.8 Å². The van der Waals surface area contributed by atoms with E-state index in [2.05, 4.69) is 4.98 Å². The van der Waals surface area contributed by atoms with Gasteiger partial charge in [0.25, 0.3) is 0 Å². The lowest BCUT2D eigenvalue weighted by Crippen LogP contribution is -2.37. The monoisotopic (exact) mass is 302 g/mol. The molecule has 5 heteroatoms. The number of carbonyl (C=O) groups is 1. The molecule has 1 saturated heterocycles. The van der Waals surface area contributed by atoms with Crippen LogP contribution in [0.5, 0.6) is 0 Å². The van der Waals surface area contributed by atoms with E-state index in [9.17, 15) is 9.18 Å². The van der Waals surface area contributed by atoms with Crippen LogP contribution in [0.3, 0.4) is 0 Å². The van der Waals surface area contributed by atoms with Crippen LogP contribution in [0.25, 0.3) is 0 Å². The summed E-state index contributed by atoms with van der Waals surface area (Å²) in [4.78, 5) is 17.9. The highest BCUT2D eigenvalue weighted by atomic mass is 19.1. The summed E-state index contributed by atoms with van der Waals surface area (Å²) in [7, 11) is 0. The Balaban J connectivity index is 1.78. The minimum Gasteiger partial charge on any atom is -0.443 e. The number of benzene rings is 1. The van der Waals surface area contributed by atoms with E-state index in [0.29, 0.717) is 23.6 Å². The van der Waals surface area contributed by atoms with Gasteiger partial charge in [0.2, 0.25) is 11.8 Å². The molecule has 1 atom stereocenters. The van der Waals surface area contributed by atoms with Gasteiger partial charge in [0.1, 0.15) is 17.6 Å². The Morgan fingerprint density at radius 1 is 1.41 bits per heavy atom. The zero-order valence-electron chi connectivity index (χ0n) is 12.6. The molecule has 1 fully saturated rings. The van der Waals surface area contributed by atoms with Gasteiger partial charge in [0.15, 0.2) is 0 Å². The number of rotatable bonds is 3. The SMILES string of the molecule is CC(=O)N1CCCCC1c1ncc(Cc2ccccc2F)o1. The summed E-state index contributed by atoms with van der Waals surface area (Å²) in [5, 5.41) is 0. The van der Waals surface area contributed by atoms with Gasteiger partial charge in [-0.2, -0.15) is 0 Å². The number of amides is 1. The first-order chi connectivity index (χ1) is 10.6. The number of hydrogen-bond acceptors (Lipinski definition) is 3. The molecule has 2 aromatic rings. The first kappa shape index (κ1) is 14.8. The third-order valence-corrected chi connectivity index (χ3v) is 4.09. The molecule has 1 aromatic carbocycles. The lowest BCUT2D eigenvalue weighted by Gasteiger charge is -2.32. The number of piperidine rings is 1. The molecule has 0 spiro atoms. The average Bonchev–Trinajstić information content (AvgIpc) is 2.98. The fourth-order valence-electron chi connectivity index (χ4n) is 2.95. The Labute approximate surface area is 129 Å². The molecule has 1 aromatic heterocycles. The summed E-state index contributed by atoms with van der Waals surface area (Å²) < 4.78 is 19.5. The van der Waals surface area contributed by atoms with E-state index in [0.717, 1.165) is 25.8 Å². The fraction of sp³-hybridized carbons (Fsp3) is 0.412. The molecule has 1 unspecified atom stereocenters. The number of aromatic nitrogens is 1. The molecule has 1 amide bonds. The molecule has 0 radical (unpaired) electrons. The van der Waals surface area contributed by atoms with Crippen molar-refractivity contribution in [3.63, 3.8) is 0 Å². The molecule has 3 rings (SSSR count). The molecule has 1 aliphatic heterocycles. The number of halogens is 1. The number of oxazole rings is 1. The van der Waals surface area contributed by atoms with Gasteiger partial charge < -0.3 is 9.32 Å². The summed E-state index contributed by atoms with van der Waals surface area (Å²) in [5.74, 6) is 0.970. The van der Waals surface area contributed by atoms with Crippen LogP contribution in [0.15, 0.2) is 34.9 Å². The van der Waals surface area contributed by atoms with E-state index in [1.165, 1.54) is 6.07 Å². The lowest BCUT2D eigenvalue weighted by atomic mass is 10.0. The highest BCUT2D eigenvalue weighted by molar-refractivity contribution is 5.73. The summed E-state index contributed by atoms with van der Waals surface area (Å²) in [6.45, 7) is 2.31. The molecule has 0 aliphatic carbocycles. The van der Waals surface area contributed by atoms with E-state index < -0.39 is 0 Å².